The molecule has 2 aromatic carbocycles. The van der Waals surface area contributed by atoms with Gasteiger partial charge in [-0.3, -0.25) is 19.4 Å². The lowest BCUT2D eigenvalue weighted by atomic mass is 10.0. The quantitative estimate of drug-likeness (QED) is 0.0829. The van der Waals surface area contributed by atoms with Crippen molar-refractivity contribution in [3.05, 3.63) is 77.9 Å². The number of hydrogen-bond donors (Lipinski definition) is 5. The van der Waals surface area contributed by atoms with E-state index in [0.29, 0.717) is 13.0 Å². The highest BCUT2D eigenvalue weighted by Crippen LogP contribution is 2.14. The first kappa shape index (κ1) is 35.5. The van der Waals surface area contributed by atoms with E-state index in [2.05, 4.69) is 15.6 Å². The highest BCUT2D eigenvalue weighted by molar-refractivity contribution is 5.98. The second-order valence-corrected chi connectivity index (χ2v) is 10.8. The van der Waals surface area contributed by atoms with Crippen molar-refractivity contribution in [3.63, 3.8) is 0 Å². The van der Waals surface area contributed by atoms with Crippen LogP contribution in [0, 0.1) is 5.92 Å². The van der Waals surface area contributed by atoms with Gasteiger partial charge < -0.3 is 32.6 Å². The molecule has 238 valence electrons. The van der Waals surface area contributed by atoms with Gasteiger partial charge in [-0.15, -0.1) is 0 Å². The fourth-order valence-corrected chi connectivity index (χ4v) is 4.20. The molecule has 3 atom stereocenters. The van der Waals surface area contributed by atoms with E-state index >= 15 is 0 Å². The Bertz CT molecular complexity index is 1260. The molecule has 0 bridgehead atoms. The molecule has 44 heavy (non-hydrogen) atoms. The standard InChI is InChI=1S/C32H45N7O5/c1-22(2)19-27(38-29(41)26(33)15-10-18-36-31(34)35)30(42)39(32(43)44-21-25-13-8-5-9-14-25)23(3)20-37-28(40)17-16-24-11-6-4-7-12-24/h4-9,11-14,16-17,22-23,26-27H,10,15,18-21,33H2,1-3H3,(H,37,40)(H,38,41)(H4,34,35,36)/b17-16+/t23-,26-,27-/m0/s1. The second-order valence-electron chi connectivity index (χ2n) is 10.8. The normalized spacial score (nSPS) is 13.0. The fraction of sp³-hybridized carbons (Fsp3) is 0.406. The number of nitrogens with one attached hydrogen (secondary N) is 2. The highest BCUT2D eigenvalue weighted by Gasteiger charge is 2.35. The van der Waals surface area contributed by atoms with Crippen LogP contribution in [-0.2, 0) is 25.7 Å². The number of rotatable bonds is 16. The van der Waals surface area contributed by atoms with Crippen LogP contribution in [0.25, 0.3) is 6.08 Å². The van der Waals surface area contributed by atoms with Crippen molar-refractivity contribution in [2.75, 3.05) is 13.1 Å². The van der Waals surface area contributed by atoms with Crippen molar-refractivity contribution in [3.8, 4) is 0 Å². The first-order chi connectivity index (χ1) is 21.0. The Hall–Kier alpha value is -4.71. The fourth-order valence-electron chi connectivity index (χ4n) is 4.20. The van der Waals surface area contributed by atoms with Crippen LogP contribution in [0.3, 0.4) is 0 Å². The van der Waals surface area contributed by atoms with E-state index in [0.717, 1.165) is 16.0 Å². The lowest BCUT2D eigenvalue weighted by Gasteiger charge is -2.31. The lowest BCUT2D eigenvalue weighted by molar-refractivity contribution is -0.137. The number of benzene rings is 2. The third-order valence-corrected chi connectivity index (χ3v) is 6.50. The van der Waals surface area contributed by atoms with Crippen molar-refractivity contribution in [2.45, 2.75) is 64.8 Å². The van der Waals surface area contributed by atoms with Crippen molar-refractivity contribution < 1.29 is 23.9 Å². The number of ether oxygens (including phenoxy) is 1. The molecule has 0 radical (unpaired) electrons. The Morgan fingerprint density at radius 1 is 0.977 bits per heavy atom. The van der Waals surface area contributed by atoms with Crippen LogP contribution in [-0.4, -0.2) is 65.9 Å². The Kier molecular flexibility index (Phi) is 15.1. The summed E-state index contributed by atoms with van der Waals surface area (Å²) in [6.45, 7) is 5.60. The van der Waals surface area contributed by atoms with Gasteiger partial charge in [0.2, 0.25) is 11.8 Å². The van der Waals surface area contributed by atoms with E-state index in [1.54, 1.807) is 25.1 Å². The van der Waals surface area contributed by atoms with Crippen molar-refractivity contribution >= 4 is 35.9 Å². The molecule has 0 aliphatic carbocycles. The molecule has 2 rings (SSSR count). The molecule has 0 unspecified atom stereocenters. The molecule has 2 aromatic rings. The van der Waals surface area contributed by atoms with Gasteiger partial charge in [0.15, 0.2) is 5.96 Å². The summed E-state index contributed by atoms with van der Waals surface area (Å²) in [6.07, 6.45) is 3.12. The van der Waals surface area contributed by atoms with Gasteiger partial charge >= 0.3 is 6.09 Å². The lowest BCUT2D eigenvalue weighted by Crippen LogP contribution is -2.57. The zero-order valence-electron chi connectivity index (χ0n) is 25.6. The number of carbonyl (C=O) groups is 4. The maximum Gasteiger partial charge on any atom is 0.417 e. The molecule has 8 N–H and O–H groups in total. The monoisotopic (exact) mass is 607 g/mol. The van der Waals surface area contributed by atoms with Crippen molar-refractivity contribution in [1.82, 2.24) is 15.5 Å². The summed E-state index contributed by atoms with van der Waals surface area (Å²) in [7, 11) is 0. The van der Waals surface area contributed by atoms with Crippen LogP contribution < -0.4 is 27.8 Å². The molecule has 0 spiro atoms. The largest absolute Gasteiger partial charge is 0.444 e. The summed E-state index contributed by atoms with van der Waals surface area (Å²) in [5.41, 5.74) is 18.3. The minimum atomic E-state index is -1.06. The maximum atomic E-state index is 13.9. The molecule has 0 heterocycles. The van der Waals surface area contributed by atoms with E-state index in [1.165, 1.54) is 6.08 Å². The van der Waals surface area contributed by atoms with Crippen LogP contribution in [0.2, 0.25) is 0 Å². The van der Waals surface area contributed by atoms with Gasteiger partial charge in [-0.25, -0.2) is 9.69 Å². The zero-order valence-corrected chi connectivity index (χ0v) is 25.6. The zero-order chi connectivity index (χ0) is 32.5. The molecule has 0 saturated heterocycles. The number of amides is 4. The van der Waals surface area contributed by atoms with Crippen LogP contribution in [0.1, 0.15) is 51.2 Å². The van der Waals surface area contributed by atoms with E-state index < -0.39 is 41.9 Å². The van der Waals surface area contributed by atoms with Gasteiger partial charge in [0.05, 0.1) is 12.1 Å². The number of nitrogens with zero attached hydrogens (tertiary/aromatic N) is 2. The van der Waals surface area contributed by atoms with E-state index in [1.807, 2.05) is 62.4 Å². The summed E-state index contributed by atoms with van der Waals surface area (Å²) in [4.78, 5) is 57.6. The Morgan fingerprint density at radius 3 is 2.23 bits per heavy atom. The number of aliphatic imine (C=N–C) groups is 1. The van der Waals surface area contributed by atoms with Crippen molar-refractivity contribution in [1.29, 1.82) is 0 Å². The van der Waals surface area contributed by atoms with Gasteiger partial charge in [-0.1, -0.05) is 74.5 Å². The highest BCUT2D eigenvalue weighted by atomic mass is 16.6. The molecule has 12 nitrogen and oxygen atoms in total. The minimum absolute atomic E-state index is 0.0114. The molecule has 12 heteroatoms. The minimum Gasteiger partial charge on any atom is -0.444 e. The van der Waals surface area contributed by atoms with Crippen LogP contribution >= 0.6 is 0 Å². The third-order valence-electron chi connectivity index (χ3n) is 6.50. The summed E-state index contributed by atoms with van der Waals surface area (Å²) in [5.74, 6) is -1.67. The average molecular weight is 608 g/mol. The van der Waals surface area contributed by atoms with Gasteiger partial charge in [-0.05, 0) is 49.3 Å². The number of nitrogens with two attached hydrogens (primary N) is 3. The molecule has 0 aliphatic heterocycles. The predicted octanol–water partition coefficient (Wildman–Crippen LogP) is 2.28. The SMILES string of the molecule is CC(C)C[C@H](NC(=O)[C@@H](N)CCCN=C(N)N)C(=O)N(C(=O)OCc1ccccc1)[C@@H](C)CNC(=O)/C=C/c1ccccc1. The Balaban J connectivity index is 2.19. The van der Waals surface area contributed by atoms with E-state index in [9.17, 15) is 19.2 Å². The third kappa shape index (κ3) is 13.1. The van der Waals surface area contributed by atoms with Crippen LogP contribution in [0.4, 0.5) is 4.79 Å². The molecular formula is C32H45N7O5. The van der Waals surface area contributed by atoms with Crippen LogP contribution in [0.15, 0.2) is 71.7 Å². The summed E-state index contributed by atoms with van der Waals surface area (Å²) < 4.78 is 5.51. The molecular weight excluding hydrogens is 562 g/mol. The van der Waals surface area contributed by atoms with E-state index in [-0.39, 0.29) is 37.9 Å². The van der Waals surface area contributed by atoms with Gasteiger partial charge in [0.1, 0.15) is 12.6 Å². The van der Waals surface area contributed by atoms with Gasteiger partial charge in [0.25, 0.3) is 5.91 Å². The predicted molar refractivity (Wildman–Crippen MR) is 171 cm³/mol. The topological polar surface area (TPSA) is 195 Å². The summed E-state index contributed by atoms with van der Waals surface area (Å²) in [5, 5.41) is 5.45. The number of carbonyl (C=O) groups excluding carboxylic acids is 4. The van der Waals surface area contributed by atoms with Crippen LogP contribution in [0.5, 0.6) is 0 Å². The van der Waals surface area contributed by atoms with E-state index in [4.69, 9.17) is 21.9 Å². The summed E-state index contributed by atoms with van der Waals surface area (Å²) in [6, 6.07) is 15.5. The molecule has 0 aromatic heterocycles. The number of imide groups is 1. The molecule has 0 aliphatic rings. The average Bonchev–Trinajstić information content (AvgIpc) is 3.00. The number of hydrogen-bond acceptors (Lipinski definition) is 7. The molecule has 4 amide bonds. The Morgan fingerprint density at radius 2 is 1.61 bits per heavy atom. The second kappa shape index (κ2) is 18.7. The molecule has 0 fully saturated rings. The molecule has 0 saturated carbocycles. The van der Waals surface area contributed by atoms with Gasteiger partial charge in [0, 0.05) is 19.2 Å². The van der Waals surface area contributed by atoms with Crippen molar-refractivity contribution in [2.24, 2.45) is 28.1 Å². The first-order valence-corrected chi connectivity index (χ1v) is 14.6. The number of guanidine groups is 1. The Labute approximate surface area is 259 Å². The smallest absolute Gasteiger partial charge is 0.417 e. The van der Waals surface area contributed by atoms with Gasteiger partial charge in [-0.2, -0.15) is 0 Å². The first-order valence-electron chi connectivity index (χ1n) is 14.6. The summed E-state index contributed by atoms with van der Waals surface area (Å²) >= 11 is 0. The maximum absolute atomic E-state index is 13.9.